The number of methoxy groups -OCH3 is 1. The van der Waals surface area contributed by atoms with Gasteiger partial charge in [-0.1, -0.05) is 55.7 Å². The third kappa shape index (κ3) is 3.62. The van der Waals surface area contributed by atoms with Gasteiger partial charge in [-0.2, -0.15) is 0 Å². The molecule has 1 fully saturated rings. The molecule has 1 aliphatic heterocycles. The van der Waals surface area contributed by atoms with Crippen LogP contribution in [0.5, 0.6) is 5.75 Å². The number of nitrogens with zero attached hydrogens (tertiary/aromatic N) is 1. The number of carbonyl (C=O) groups excluding carboxylic acids is 1. The molecule has 3 aliphatic rings. The third-order valence-corrected chi connectivity index (χ3v) is 7.54. The van der Waals surface area contributed by atoms with Crippen LogP contribution in [-0.4, -0.2) is 31.0 Å². The Morgan fingerprint density at radius 3 is 2.58 bits per heavy atom. The molecule has 31 heavy (non-hydrogen) atoms. The lowest BCUT2D eigenvalue weighted by atomic mass is 9.76. The SMILES string of the molecule is COc1ccc(C2Nc3c(C(=O)N(C)C4CCCCC4)cccc3C3C=CCC32)cc1. The van der Waals surface area contributed by atoms with E-state index in [9.17, 15) is 4.79 Å². The molecule has 4 heteroatoms. The molecule has 2 aromatic carbocycles. The fraction of sp³-hybridized carbons (Fsp3) is 0.444. The lowest BCUT2D eigenvalue weighted by molar-refractivity contribution is 0.0697. The highest BCUT2D eigenvalue weighted by molar-refractivity contribution is 6.01. The molecule has 0 aromatic heterocycles. The van der Waals surface area contributed by atoms with Crippen LogP contribution in [0.25, 0.3) is 0 Å². The summed E-state index contributed by atoms with van der Waals surface area (Å²) < 4.78 is 5.35. The average molecular weight is 417 g/mol. The van der Waals surface area contributed by atoms with Gasteiger partial charge in [-0.05, 0) is 54.5 Å². The number of fused-ring (bicyclic) bond motifs is 3. The van der Waals surface area contributed by atoms with E-state index in [2.05, 4.69) is 41.7 Å². The molecule has 5 rings (SSSR count). The maximum atomic E-state index is 13.6. The Bertz CT molecular complexity index is 975. The van der Waals surface area contributed by atoms with Crippen molar-refractivity contribution in [3.8, 4) is 5.75 Å². The van der Waals surface area contributed by atoms with Crippen molar-refractivity contribution in [1.29, 1.82) is 0 Å². The number of amides is 1. The van der Waals surface area contributed by atoms with Gasteiger partial charge in [-0.3, -0.25) is 4.79 Å². The Labute approximate surface area is 185 Å². The van der Waals surface area contributed by atoms with E-state index in [1.807, 2.05) is 30.1 Å². The highest BCUT2D eigenvalue weighted by atomic mass is 16.5. The Morgan fingerprint density at radius 2 is 1.84 bits per heavy atom. The summed E-state index contributed by atoms with van der Waals surface area (Å²) in [5.41, 5.74) is 4.33. The zero-order valence-electron chi connectivity index (χ0n) is 18.5. The van der Waals surface area contributed by atoms with Gasteiger partial charge in [-0.25, -0.2) is 0 Å². The number of rotatable bonds is 4. The number of allylic oxidation sites excluding steroid dienone is 2. The van der Waals surface area contributed by atoms with Crippen LogP contribution < -0.4 is 10.1 Å². The van der Waals surface area contributed by atoms with Crippen LogP contribution in [0.1, 0.15) is 72.0 Å². The molecular formula is C27H32N2O2. The van der Waals surface area contributed by atoms with Crippen molar-refractivity contribution < 1.29 is 9.53 Å². The fourth-order valence-corrected chi connectivity index (χ4v) is 5.77. The van der Waals surface area contributed by atoms with E-state index in [1.54, 1.807) is 7.11 Å². The van der Waals surface area contributed by atoms with Gasteiger partial charge in [0.1, 0.15) is 5.75 Å². The van der Waals surface area contributed by atoms with Crippen LogP contribution in [-0.2, 0) is 0 Å². The predicted molar refractivity (Wildman–Crippen MR) is 125 cm³/mol. The molecule has 3 unspecified atom stereocenters. The van der Waals surface area contributed by atoms with E-state index < -0.39 is 0 Å². The molecule has 2 aromatic rings. The number of benzene rings is 2. The normalized spacial score (nSPS) is 24.8. The number of nitrogens with one attached hydrogen (secondary N) is 1. The van der Waals surface area contributed by atoms with Crippen LogP contribution in [0, 0.1) is 5.92 Å². The second-order valence-corrected chi connectivity index (χ2v) is 9.23. The second kappa shape index (κ2) is 8.41. The molecule has 1 heterocycles. The summed E-state index contributed by atoms with van der Waals surface area (Å²) in [6, 6.07) is 15.1. The predicted octanol–water partition coefficient (Wildman–Crippen LogP) is 5.93. The molecule has 1 amide bonds. The van der Waals surface area contributed by atoms with Gasteiger partial charge in [0.05, 0.1) is 24.4 Å². The highest BCUT2D eigenvalue weighted by Gasteiger charge is 2.39. The Morgan fingerprint density at radius 1 is 1.06 bits per heavy atom. The van der Waals surface area contributed by atoms with Crippen LogP contribution >= 0.6 is 0 Å². The molecular weight excluding hydrogens is 384 g/mol. The molecule has 0 bridgehead atoms. The summed E-state index contributed by atoms with van der Waals surface area (Å²) in [6.45, 7) is 0. The van der Waals surface area contributed by atoms with E-state index in [4.69, 9.17) is 4.74 Å². The summed E-state index contributed by atoms with van der Waals surface area (Å²) in [4.78, 5) is 15.6. The largest absolute Gasteiger partial charge is 0.497 e. The minimum atomic E-state index is 0.144. The fourth-order valence-electron chi connectivity index (χ4n) is 5.77. The molecule has 1 saturated carbocycles. The molecule has 0 spiro atoms. The molecule has 2 aliphatic carbocycles. The lowest BCUT2D eigenvalue weighted by Gasteiger charge is -2.39. The van der Waals surface area contributed by atoms with Gasteiger partial charge in [0.15, 0.2) is 0 Å². The summed E-state index contributed by atoms with van der Waals surface area (Å²) in [5, 5.41) is 3.80. The summed E-state index contributed by atoms with van der Waals surface area (Å²) in [5.74, 6) is 1.81. The number of anilines is 1. The van der Waals surface area contributed by atoms with Crippen molar-refractivity contribution >= 4 is 11.6 Å². The first-order valence-corrected chi connectivity index (χ1v) is 11.6. The van der Waals surface area contributed by atoms with Crippen molar-refractivity contribution in [2.24, 2.45) is 5.92 Å². The first-order chi connectivity index (χ1) is 15.2. The van der Waals surface area contributed by atoms with E-state index >= 15 is 0 Å². The van der Waals surface area contributed by atoms with Gasteiger partial charge in [0, 0.05) is 19.0 Å². The van der Waals surface area contributed by atoms with E-state index in [0.29, 0.717) is 17.9 Å². The molecule has 0 radical (unpaired) electrons. The van der Waals surface area contributed by atoms with Gasteiger partial charge in [-0.15, -0.1) is 0 Å². The zero-order chi connectivity index (χ0) is 21.4. The summed E-state index contributed by atoms with van der Waals surface area (Å²) >= 11 is 0. The summed E-state index contributed by atoms with van der Waals surface area (Å²) in [7, 11) is 3.68. The first-order valence-electron chi connectivity index (χ1n) is 11.6. The number of para-hydroxylation sites is 1. The average Bonchev–Trinajstić information content (AvgIpc) is 3.33. The molecule has 0 saturated heterocycles. The Hall–Kier alpha value is -2.75. The third-order valence-electron chi connectivity index (χ3n) is 7.54. The minimum absolute atomic E-state index is 0.144. The number of hydrogen-bond donors (Lipinski definition) is 1. The quantitative estimate of drug-likeness (QED) is 0.629. The van der Waals surface area contributed by atoms with Gasteiger partial charge >= 0.3 is 0 Å². The second-order valence-electron chi connectivity index (χ2n) is 9.23. The van der Waals surface area contributed by atoms with Crippen LogP contribution in [0.3, 0.4) is 0 Å². The maximum absolute atomic E-state index is 13.6. The van der Waals surface area contributed by atoms with E-state index in [1.165, 1.54) is 30.4 Å². The molecule has 162 valence electrons. The van der Waals surface area contributed by atoms with Gasteiger partial charge in [0.2, 0.25) is 0 Å². The summed E-state index contributed by atoms with van der Waals surface area (Å²) in [6.07, 6.45) is 11.7. The van der Waals surface area contributed by atoms with Crippen molar-refractivity contribution in [2.45, 2.75) is 56.5 Å². The van der Waals surface area contributed by atoms with Crippen molar-refractivity contribution in [1.82, 2.24) is 4.90 Å². The smallest absolute Gasteiger partial charge is 0.255 e. The van der Waals surface area contributed by atoms with Crippen molar-refractivity contribution in [3.63, 3.8) is 0 Å². The van der Waals surface area contributed by atoms with Crippen molar-refractivity contribution in [3.05, 3.63) is 71.3 Å². The van der Waals surface area contributed by atoms with E-state index in [0.717, 1.165) is 36.3 Å². The minimum Gasteiger partial charge on any atom is -0.497 e. The number of hydrogen-bond acceptors (Lipinski definition) is 3. The van der Waals surface area contributed by atoms with Crippen LogP contribution in [0.2, 0.25) is 0 Å². The topological polar surface area (TPSA) is 41.6 Å². The van der Waals surface area contributed by atoms with Gasteiger partial charge < -0.3 is 15.0 Å². The molecule has 4 nitrogen and oxygen atoms in total. The monoisotopic (exact) mass is 416 g/mol. The molecule has 3 atom stereocenters. The first kappa shape index (κ1) is 20.2. The van der Waals surface area contributed by atoms with Crippen LogP contribution in [0.15, 0.2) is 54.6 Å². The maximum Gasteiger partial charge on any atom is 0.255 e. The van der Waals surface area contributed by atoms with Gasteiger partial charge in [0.25, 0.3) is 5.91 Å². The Balaban J connectivity index is 1.50. The highest BCUT2D eigenvalue weighted by Crippen LogP contribution is 2.50. The number of ether oxygens (including phenoxy) is 1. The van der Waals surface area contributed by atoms with E-state index in [-0.39, 0.29) is 11.9 Å². The Kier molecular flexibility index (Phi) is 5.47. The van der Waals surface area contributed by atoms with Crippen molar-refractivity contribution in [2.75, 3.05) is 19.5 Å². The number of carbonyl (C=O) groups is 1. The molecule has 1 N–H and O–H groups in total. The standard InChI is InChI=1S/C27H32N2O2/c1-29(19-8-4-3-5-9-19)27(30)24-13-7-12-23-21-10-6-11-22(21)25(28-26(23)24)18-14-16-20(31-2)17-15-18/h6-7,10,12-17,19,21-22,25,28H,3-5,8-9,11H2,1-2H3. The van der Waals surface area contributed by atoms with Crippen LogP contribution in [0.4, 0.5) is 5.69 Å². The zero-order valence-corrected chi connectivity index (χ0v) is 18.5. The lowest BCUT2D eigenvalue weighted by Crippen LogP contribution is -2.39.